The number of pyridine rings is 2. The molecule has 0 aromatic carbocycles. The van der Waals surface area contributed by atoms with E-state index < -0.39 is 34.2 Å². The Labute approximate surface area is 150 Å². The van der Waals surface area contributed by atoms with Crippen LogP contribution >= 0.6 is 0 Å². The van der Waals surface area contributed by atoms with E-state index >= 15 is 0 Å². The number of nitrogens with zero attached hydrogens (tertiary/aromatic N) is 4. The van der Waals surface area contributed by atoms with Crippen molar-refractivity contribution in [3.05, 3.63) is 93.0 Å². The summed E-state index contributed by atoms with van der Waals surface area (Å²) < 4.78 is 6.99. The fourth-order valence-electron chi connectivity index (χ4n) is 2.53. The van der Waals surface area contributed by atoms with Gasteiger partial charge in [0.15, 0.2) is 0 Å². The molecule has 4 heterocycles. The van der Waals surface area contributed by atoms with Crippen molar-refractivity contribution in [1.29, 1.82) is 0 Å². The van der Waals surface area contributed by atoms with Gasteiger partial charge in [-0.2, -0.15) is 0 Å². The first-order valence-electron chi connectivity index (χ1n) is 7.75. The first-order chi connectivity index (χ1) is 13.1. The lowest BCUT2D eigenvalue weighted by Crippen LogP contribution is -2.28. The fourth-order valence-corrected chi connectivity index (χ4v) is 2.53. The van der Waals surface area contributed by atoms with E-state index in [1.165, 1.54) is 12.4 Å². The topological polar surface area (TPSA) is 112 Å². The number of fused-ring (bicyclic) bond motifs is 2. The first kappa shape index (κ1) is 16.3. The lowest BCUT2D eigenvalue weighted by molar-refractivity contribution is 0.0394. The Bertz CT molecular complexity index is 1240. The smallest absolute Gasteiger partial charge is 0.353 e. The van der Waals surface area contributed by atoms with Crippen LogP contribution in [0.1, 0.15) is 20.7 Å². The minimum Gasteiger partial charge on any atom is -0.385 e. The zero-order chi connectivity index (χ0) is 19.0. The summed E-state index contributed by atoms with van der Waals surface area (Å²) in [4.78, 5) is 57.2. The largest absolute Gasteiger partial charge is 0.385 e. The fraction of sp³-hybridized carbons (Fsp3) is 0. The lowest BCUT2D eigenvalue weighted by atomic mass is 10.3. The Hall–Kier alpha value is -4.14. The quantitative estimate of drug-likeness (QED) is 0.381. The van der Waals surface area contributed by atoms with Crippen LogP contribution in [0.3, 0.4) is 0 Å². The summed E-state index contributed by atoms with van der Waals surface area (Å²) in [5.41, 5.74) is -1.56. The summed E-state index contributed by atoms with van der Waals surface area (Å²) >= 11 is 0. The molecule has 0 unspecified atom stereocenters. The molecular formula is C18H10N4O5. The van der Waals surface area contributed by atoms with Crippen molar-refractivity contribution in [3.63, 3.8) is 0 Å². The minimum atomic E-state index is -1.20. The van der Waals surface area contributed by atoms with E-state index in [0.717, 1.165) is 21.2 Å². The molecule has 4 rings (SSSR count). The van der Waals surface area contributed by atoms with Crippen LogP contribution in [0.25, 0.3) is 11.3 Å². The second kappa shape index (κ2) is 6.30. The van der Waals surface area contributed by atoms with Crippen LogP contribution in [0.5, 0.6) is 0 Å². The predicted molar refractivity (Wildman–Crippen MR) is 92.7 cm³/mol. The molecule has 0 amide bonds. The van der Waals surface area contributed by atoms with Gasteiger partial charge in [-0.1, -0.05) is 12.1 Å². The number of aromatic nitrogens is 4. The van der Waals surface area contributed by atoms with E-state index in [9.17, 15) is 19.2 Å². The maximum atomic E-state index is 12.4. The third kappa shape index (κ3) is 2.76. The molecule has 4 aromatic rings. The van der Waals surface area contributed by atoms with E-state index in [2.05, 4.69) is 9.97 Å². The summed E-state index contributed by atoms with van der Waals surface area (Å²) in [5, 5.41) is 0. The zero-order valence-corrected chi connectivity index (χ0v) is 13.6. The standard InChI is InChI=1S/C18H10N4O5/c23-15-11(9-19-13-5-1-3-7-21(13)15)17(25)27-18(26)12-10-20-14-6-2-4-8-22(14)16(12)24/h1-10H. The van der Waals surface area contributed by atoms with E-state index in [4.69, 9.17) is 4.74 Å². The normalized spacial score (nSPS) is 10.8. The highest BCUT2D eigenvalue weighted by Crippen LogP contribution is 2.03. The van der Waals surface area contributed by atoms with Crippen molar-refractivity contribution >= 4 is 23.2 Å². The van der Waals surface area contributed by atoms with Crippen LogP contribution in [0.15, 0.2) is 70.8 Å². The van der Waals surface area contributed by atoms with Crippen LogP contribution in [0, 0.1) is 0 Å². The van der Waals surface area contributed by atoms with Crippen molar-refractivity contribution in [2.24, 2.45) is 0 Å². The molecule has 0 spiro atoms. The summed E-state index contributed by atoms with van der Waals surface area (Å²) in [6, 6.07) is 9.73. The number of hydrogen-bond donors (Lipinski definition) is 0. The number of carbonyl (C=O) groups excluding carboxylic acids is 2. The maximum absolute atomic E-state index is 12.4. The summed E-state index contributed by atoms with van der Waals surface area (Å²) in [6.07, 6.45) is 4.92. The first-order valence-corrected chi connectivity index (χ1v) is 7.75. The molecule has 0 atom stereocenters. The third-order valence-electron chi connectivity index (χ3n) is 3.85. The summed E-state index contributed by atoms with van der Waals surface area (Å²) in [6.45, 7) is 0. The Morgan fingerprint density at radius 1 is 0.741 bits per heavy atom. The van der Waals surface area contributed by atoms with Gasteiger partial charge in [0.05, 0.1) is 0 Å². The van der Waals surface area contributed by atoms with E-state index in [1.807, 2.05) is 0 Å². The molecule has 0 radical (unpaired) electrons. The maximum Gasteiger partial charge on any atom is 0.353 e. The van der Waals surface area contributed by atoms with Crippen LogP contribution in [0.4, 0.5) is 0 Å². The minimum absolute atomic E-state index is 0.336. The number of rotatable bonds is 2. The predicted octanol–water partition coefficient (Wildman–Crippen LogP) is 0.700. The van der Waals surface area contributed by atoms with Gasteiger partial charge < -0.3 is 4.74 Å². The highest BCUT2D eigenvalue weighted by molar-refractivity contribution is 6.02. The molecule has 9 nitrogen and oxygen atoms in total. The monoisotopic (exact) mass is 362 g/mol. The SMILES string of the molecule is O=C(OC(=O)c1cnc2ccccn2c1=O)c1cnc2ccccn2c1=O. The van der Waals surface area contributed by atoms with Gasteiger partial charge in [-0.25, -0.2) is 19.6 Å². The molecule has 0 bridgehead atoms. The molecule has 0 saturated carbocycles. The van der Waals surface area contributed by atoms with Crippen molar-refractivity contribution in [2.45, 2.75) is 0 Å². The summed E-state index contributed by atoms with van der Waals surface area (Å²) in [7, 11) is 0. The van der Waals surface area contributed by atoms with E-state index in [0.29, 0.717) is 11.3 Å². The average molecular weight is 362 g/mol. The van der Waals surface area contributed by atoms with Gasteiger partial charge in [-0.15, -0.1) is 0 Å². The molecule has 9 heteroatoms. The lowest BCUT2D eigenvalue weighted by Gasteiger charge is -2.05. The van der Waals surface area contributed by atoms with Crippen molar-refractivity contribution < 1.29 is 14.3 Å². The molecule has 132 valence electrons. The number of carbonyl (C=O) groups is 2. The number of ether oxygens (including phenoxy) is 1. The second-order valence-electron chi connectivity index (χ2n) is 5.49. The van der Waals surface area contributed by atoms with Crippen molar-refractivity contribution in [3.8, 4) is 0 Å². The Morgan fingerprint density at radius 3 is 1.63 bits per heavy atom. The molecular weight excluding hydrogens is 352 g/mol. The van der Waals surface area contributed by atoms with Gasteiger partial charge in [0.25, 0.3) is 11.1 Å². The third-order valence-corrected chi connectivity index (χ3v) is 3.85. The van der Waals surface area contributed by atoms with Gasteiger partial charge in [0.2, 0.25) is 0 Å². The van der Waals surface area contributed by atoms with Gasteiger partial charge in [-0.3, -0.25) is 18.4 Å². The van der Waals surface area contributed by atoms with Gasteiger partial charge in [-0.05, 0) is 24.3 Å². The van der Waals surface area contributed by atoms with Crippen molar-refractivity contribution in [2.75, 3.05) is 0 Å². The molecule has 0 aliphatic heterocycles. The highest BCUT2D eigenvalue weighted by atomic mass is 16.6. The summed E-state index contributed by atoms with van der Waals surface area (Å²) in [5.74, 6) is -2.40. The van der Waals surface area contributed by atoms with Crippen LogP contribution in [-0.2, 0) is 4.74 Å². The van der Waals surface area contributed by atoms with Crippen LogP contribution in [0.2, 0.25) is 0 Å². The Morgan fingerprint density at radius 2 is 1.19 bits per heavy atom. The zero-order valence-electron chi connectivity index (χ0n) is 13.6. The molecule has 0 aliphatic rings. The second-order valence-corrected chi connectivity index (χ2v) is 5.49. The van der Waals surface area contributed by atoms with Gasteiger partial charge in [0, 0.05) is 24.8 Å². The van der Waals surface area contributed by atoms with Crippen molar-refractivity contribution in [1.82, 2.24) is 18.8 Å². The van der Waals surface area contributed by atoms with Crippen LogP contribution < -0.4 is 11.1 Å². The van der Waals surface area contributed by atoms with E-state index in [-0.39, 0.29) is 0 Å². The van der Waals surface area contributed by atoms with Gasteiger partial charge in [0.1, 0.15) is 22.4 Å². The van der Waals surface area contributed by atoms with Crippen LogP contribution in [-0.4, -0.2) is 30.7 Å². The molecule has 27 heavy (non-hydrogen) atoms. The Balaban J connectivity index is 1.69. The Kier molecular flexibility index (Phi) is 3.81. The molecule has 0 fully saturated rings. The molecule has 0 N–H and O–H groups in total. The molecule has 0 aliphatic carbocycles. The van der Waals surface area contributed by atoms with Gasteiger partial charge >= 0.3 is 11.9 Å². The number of esters is 2. The molecule has 4 aromatic heterocycles. The number of hydrogen-bond acceptors (Lipinski definition) is 7. The average Bonchev–Trinajstić information content (AvgIpc) is 2.68. The highest BCUT2D eigenvalue weighted by Gasteiger charge is 2.22. The van der Waals surface area contributed by atoms with E-state index in [1.54, 1.807) is 36.4 Å². The molecule has 0 saturated heterocycles.